The van der Waals surface area contributed by atoms with Gasteiger partial charge in [-0.05, 0) is 38.5 Å². The van der Waals surface area contributed by atoms with Crippen LogP contribution >= 0.6 is 0 Å². The van der Waals surface area contributed by atoms with Crippen molar-refractivity contribution in [2.24, 2.45) is 0 Å². The van der Waals surface area contributed by atoms with Crippen molar-refractivity contribution in [3.8, 4) is 5.75 Å². The SMILES string of the molecule is COc1ccc(CN2C(=O)C(C)(C)NC(=O)C2C)cc1. The van der Waals surface area contributed by atoms with E-state index in [4.69, 9.17) is 4.74 Å². The zero-order valence-electron chi connectivity index (χ0n) is 12.3. The van der Waals surface area contributed by atoms with Gasteiger partial charge in [0.05, 0.1) is 7.11 Å². The minimum Gasteiger partial charge on any atom is -0.497 e. The Kier molecular flexibility index (Phi) is 3.70. The second-order valence-corrected chi connectivity index (χ2v) is 5.57. The second-order valence-electron chi connectivity index (χ2n) is 5.57. The van der Waals surface area contributed by atoms with Crippen molar-refractivity contribution >= 4 is 11.8 Å². The quantitative estimate of drug-likeness (QED) is 0.906. The van der Waals surface area contributed by atoms with Gasteiger partial charge in [0.2, 0.25) is 11.8 Å². The van der Waals surface area contributed by atoms with E-state index in [-0.39, 0.29) is 11.8 Å². The van der Waals surface area contributed by atoms with Gasteiger partial charge in [-0.15, -0.1) is 0 Å². The summed E-state index contributed by atoms with van der Waals surface area (Å²) in [7, 11) is 1.61. The normalized spacial score (nSPS) is 21.6. The van der Waals surface area contributed by atoms with Crippen molar-refractivity contribution in [2.75, 3.05) is 7.11 Å². The van der Waals surface area contributed by atoms with Crippen LogP contribution in [0.25, 0.3) is 0 Å². The standard InChI is InChI=1S/C15H20N2O3/c1-10-13(18)16-15(2,3)14(19)17(10)9-11-5-7-12(20-4)8-6-11/h5-8,10H,9H2,1-4H3,(H,16,18). The molecule has 1 aliphatic heterocycles. The van der Waals surface area contributed by atoms with Gasteiger partial charge in [-0.1, -0.05) is 12.1 Å². The molecule has 2 amide bonds. The fourth-order valence-electron chi connectivity index (χ4n) is 2.28. The summed E-state index contributed by atoms with van der Waals surface area (Å²) in [5.41, 5.74) is 0.118. The highest BCUT2D eigenvalue weighted by atomic mass is 16.5. The Hall–Kier alpha value is -2.04. The van der Waals surface area contributed by atoms with Crippen LogP contribution in [-0.2, 0) is 16.1 Å². The Morgan fingerprint density at radius 1 is 1.25 bits per heavy atom. The maximum atomic E-state index is 12.4. The third-order valence-electron chi connectivity index (χ3n) is 3.59. The molecule has 1 aromatic carbocycles. The molecule has 0 saturated carbocycles. The summed E-state index contributed by atoms with van der Waals surface area (Å²) in [6.45, 7) is 5.60. The van der Waals surface area contributed by atoms with E-state index in [0.29, 0.717) is 6.54 Å². The van der Waals surface area contributed by atoms with Crippen LogP contribution in [0.2, 0.25) is 0 Å². The van der Waals surface area contributed by atoms with Gasteiger partial charge < -0.3 is 15.0 Å². The highest BCUT2D eigenvalue weighted by Gasteiger charge is 2.43. The van der Waals surface area contributed by atoms with Gasteiger partial charge in [0.1, 0.15) is 17.3 Å². The summed E-state index contributed by atoms with van der Waals surface area (Å²) >= 11 is 0. The van der Waals surface area contributed by atoms with Gasteiger partial charge in [-0.3, -0.25) is 9.59 Å². The number of amides is 2. The highest BCUT2D eigenvalue weighted by molar-refractivity contribution is 5.99. The van der Waals surface area contributed by atoms with Gasteiger partial charge in [0.15, 0.2) is 0 Å². The van der Waals surface area contributed by atoms with E-state index >= 15 is 0 Å². The van der Waals surface area contributed by atoms with Crippen molar-refractivity contribution in [3.05, 3.63) is 29.8 Å². The largest absolute Gasteiger partial charge is 0.497 e. The molecule has 1 saturated heterocycles. The summed E-state index contributed by atoms with van der Waals surface area (Å²) in [6.07, 6.45) is 0. The third-order valence-corrected chi connectivity index (χ3v) is 3.59. The minimum absolute atomic E-state index is 0.0691. The number of ether oxygens (including phenoxy) is 1. The first kappa shape index (κ1) is 14.4. The first-order chi connectivity index (χ1) is 9.35. The number of carbonyl (C=O) groups is 2. The van der Waals surface area contributed by atoms with Crippen LogP contribution in [0.15, 0.2) is 24.3 Å². The lowest BCUT2D eigenvalue weighted by Gasteiger charge is -2.41. The van der Waals surface area contributed by atoms with Crippen LogP contribution in [0.1, 0.15) is 26.3 Å². The average Bonchev–Trinajstić information content (AvgIpc) is 2.42. The Labute approximate surface area is 118 Å². The predicted molar refractivity (Wildman–Crippen MR) is 75.2 cm³/mol. The molecule has 0 bridgehead atoms. The molecule has 1 heterocycles. The lowest BCUT2D eigenvalue weighted by atomic mass is 9.97. The molecule has 2 rings (SSSR count). The van der Waals surface area contributed by atoms with Crippen LogP contribution in [0.3, 0.4) is 0 Å². The predicted octanol–water partition coefficient (Wildman–Crippen LogP) is 1.32. The molecule has 0 aliphatic carbocycles. The monoisotopic (exact) mass is 276 g/mol. The lowest BCUT2D eigenvalue weighted by Crippen LogP contribution is -2.66. The summed E-state index contributed by atoms with van der Waals surface area (Å²) in [5.74, 6) is 0.577. The van der Waals surface area contributed by atoms with E-state index in [0.717, 1.165) is 11.3 Å². The zero-order valence-corrected chi connectivity index (χ0v) is 12.3. The first-order valence-corrected chi connectivity index (χ1v) is 6.61. The molecule has 1 unspecified atom stereocenters. The van der Waals surface area contributed by atoms with E-state index in [2.05, 4.69) is 5.32 Å². The van der Waals surface area contributed by atoms with E-state index in [9.17, 15) is 9.59 Å². The number of methoxy groups -OCH3 is 1. The van der Waals surface area contributed by atoms with Gasteiger partial charge in [-0.2, -0.15) is 0 Å². The highest BCUT2D eigenvalue weighted by Crippen LogP contribution is 2.21. The number of nitrogens with zero attached hydrogens (tertiary/aromatic N) is 1. The van der Waals surface area contributed by atoms with Crippen molar-refractivity contribution in [1.29, 1.82) is 0 Å². The molecular weight excluding hydrogens is 256 g/mol. The Bertz CT molecular complexity index is 522. The zero-order chi connectivity index (χ0) is 14.9. The minimum atomic E-state index is -0.851. The Balaban J connectivity index is 2.20. The average molecular weight is 276 g/mol. The number of carbonyl (C=O) groups excluding carboxylic acids is 2. The topological polar surface area (TPSA) is 58.6 Å². The summed E-state index contributed by atoms with van der Waals surface area (Å²) in [6, 6.07) is 7.04. The van der Waals surface area contributed by atoms with E-state index < -0.39 is 11.6 Å². The maximum absolute atomic E-state index is 12.4. The smallest absolute Gasteiger partial charge is 0.248 e. The maximum Gasteiger partial charge on any atom is 0.248 e. The molecule has 1 aromatic rings. The van der Waals surface area contributed by atoms with Crippen LogP contribution in [0.4, 0.5) is 0 Å². The number of nitrogens with one attached hydrogen (secondary N) is 1. The second kappa shape index (κ2) is 5.15. The molecule has 1 aliphatic rings. The molecular formula is C15H20N2O3. The molecule has 0 spiro atoms. The number of hydrogen-bond acceptors (Lipinski definition) is 3. The van der Waals surface area contributed by atoms with Crippen molar-refractivity contribution in [2.45, 2.75) is 38.9 Å². The van der Waals surface area contributed by atoms with Crippen molar-refractivity contribution in [1.82, 2.24) is 10.2 Å². The first-order valence-electron chi connectivity index (χ1n) is 6.61. The number of rotatable bonds is 3. The van der Waals surface area contributed by atoms with Crippen LogP contribution in [-0.4, -0.2) is 35.4 Å². The fourth-order valence-corrected chi connectivity index (χ4v) is 2.28. The molecule has 108 valence electrons. The molecule has 1 atom stereocenters. The molecule has 0 aromatic heterocycles. The van der Waals surface area contributed by atoms with Gasteiger partial charge >= 0.3 is 0 Å². The molecule has 0 radical (unpaired) electrons. The van der Waals surface area contributed by atoms with Crippen molar-refractivity contribution in [3.63, 3.8) is 0 Å². The fraction of sp³-hybridized carbons (Fsp3) is 0.467. The summed E-state index contributed by atoms with van der Waals surface area (Å²) in [4.78, 5) is 26.0. The molecule has 5 heteroatoms. The molecule has 20 heavy (non-hydrogen) atoms. The van der Waals surface area contributed by atoms with E-state index in [1.54, 1.807) is 32.8 Å². The summed E-state index contributed by atoms with van der Waals surface area (Å²) < 4.78 is 5.11. The summed E-state index contributed by atoms with van der Waals surface area (Å²) in [5, 5.41) is 2.74. The van der Waals surface area contributed by atoms with E-state index in [1.165, 1.54) is 0 Å². The van der Waals surface area contributed by atoms with Crippen LogP contribution < -0.4 is 10.1 Å². The molecule has 5 nitrogen and oxygen atoms in total. The van der Waals surface area contributed by atoms with Gasteiger partial charge in [-0.25, -0.2) is 0 Å². The number of piperazine rings is 1. The van der Waals surface area contributed by atoms with Gasteiger partial charge in [0, 0.05) is 6.54 Å². The Morgan fingerprint density at radius 3 is 2.40 bits per heavy atom. The lowest BCUT2D eigenvalue weighted by molar-refractivity contribution is -0.153. The van der Waals surface area contributed by atoms with Crippen LogP contribution in [0, 0.1) is 0 Å². The van der Waals surface area contributed by atoms with E-state index in [1.807, 2.05) is 24.3 Å². The number of benzene rings is 1. The Morgan fingerprint density at radius 2 is 1.85 bits per heavy atom. The van der Waals surface area contributed by atoms with Crippen LogP contribution in [0.5, 0.6) is 5.75 Å². The van der Waals surface area contributed by atoms with Gasteiger partial charge in [0.25, 0.3) is 0 Å². The third kappa shape index (κ3) is 2.61. The molecule has 1 N–H and O–H groups in total. The number of hydrogen-bond donors (Lipinski definition) is 1. The van der Waals surface area contributed by atoms with Crippen molar-refractivity contribution < 1.29 is 14.3 Å². The molecule has 1 fully saturated rings.